The standard InChI is InChI=1S/C26H23Cl2N5O5/c27-21-8-7-19(13-22(21)28)26(36)32-10-9-31(25(35)18-5-2-6-20(12-18)33(37)38)24(32)23(34)30-15-17-4-1-3-16(11-17)14-29/h1-8,11-13,24H,9-10,14-15,29H2,(H,30,34). The molecule has 3 amide bonds. The molecule has 3 aromatic rings. The number of carbonyl (C=O) groups is 3. The van der Waals surface area contributed by atoms with Gasteiger partial charge >= 0.3 is 0 Å². The summed E-state index contributed by atoms with van der Waals surface area (Å²) in [4.78, 5) is 53.4. The molecule has 0 aromatic heterocycles. The Bertz CT molecular complexity index is 1420. The van der Waals surface area contributed by atoms with Crippen LogP contribution in [0.15, 0.2) is 66.7 Å². The van der Waals surface area contributed by atoms with E-state index >= 15 is 0 Å². The average Bonchev–Trinajstić information content (AvgIpc) is 3.38. The number of hydrogen-bond donors (Lipinski definition) is 2. The highest BCUT2D eigenvalue weighted by molar-refractivity contribution is 6.42. The van der Waals surface area contributed by atoms with Gasteiger partial charge in [0.05, 0.1) is 15.0 Å². The molecule has 0 saturated carbocycles. The van der Waals surface area contributed by atoms with Crippen LogP contribution in [0.4, 0.5) is 5.69 Å². The van der Waals surface area contributed by atoms with Gasteiger partial charge in [-0.25, -0.2) is 0 Å². The summed E-state index contributed by atoms with van der Waals surface area (Å²) in [6.07, 6.45) is -1.30. The number of nitrogens with one attached hydrogen (secondary N) is 1. The minimum absolute atomic E-state index is 0.0245. The quantitative estimate of drug-likeness (QED) is 0.337. The minimum atomic E-state index is -1.30. The first-order chi connectivity index (χ1) is 18.2. The Hall–Kier alpha value is -3.99. The van der Waals surface area contributed by atoms with Crippen molar-refractivity contribution >= 4 is 46.6 Å². The zero-order chi connectivity index (χ0) is 27.4. The van der Waals surface area contributed by atoms with Crippen LogP contribution in [0.2, 0.25) is 10.0 Å². The number of carbonyl (C=O) groups excluding carboxylic acids is 3. The van der Waals surface area contributed by atoms with Crippen LogP contribution in [0.3, 0.4) is 0 Å². The third kappa shape index (κ3) is 5.77. The molecule has 3 N–H and O–H groups in total. The first kappa shape index (κ1) is 27.1. The Morgan fingerprint density at radius 3 is 2.16 bits per heavy atom. The van der Waals surface area contributed by atoms with E-state index in [0.29, 0.717) is 6.54 Å². The fourth-order valence-corrected chi connectivity index (χ4v) is 4.50. The summed E-state index contributed by atoms with van der Waals surface area (Å²) in [5.74, 6) is -1.74. The second-order valence-electron chi connectivity index (χ2n) is 8.55. The van der Waals surface area contributed by atoms with E-state index in [2.05, 4.69) is 5.32 Å². The third-order valence-corrected chi connectivity index (χ3v) is 6.83. The molecule has 0 spiro atoms. The Morgan fingerprint density at radius 2 is 1.53 bits per heavy atom. The first-order valence-corrected chi connectivity index (χ1v) is 12.3. The predicted octanol–water partition coefficient (Wildman–Crippen LogP) is 3.60. The van der Waals surface area contributed by atoms with E-state index in [0.717, 1.165) is 17.2 Å². The van der Waals surface area contributed by atoms with Crippen molar-refractivity contribution < 1.29 is 19.3 Å². The minimum Gasteiger partial charge on any atom is -0.349 e. The number of amides is 3. The first-order valence-electron chi connectivity index (χ1n) is 11.6. The maximum atomic E-state index is 13.5. The number of nitrogens with zero attached hydrogens (tertiary/aromatic N) is 3. The summed E-state index contributed by atoms with van der Waals surface area (Å²) in [6.45, 7) is 0.564. The van der Waals surface area contributed by atoms with Crippen LogP contribution in [0.1, 0.15) is 31.8 Å². The van der Waals surface area contributed by atoms with Crippen molar-refractivity contribution in [2.75, 3.05) is 13.1 Å². The van der Waals surface area contributed by atoms with Crippen molar-refractivity contribution in [1.29, 1.82) is 0 Å². The largest absolute Gasteiger partial charge is 0.349 e. The highest BCUT2D eigenvalue weighted by atomic mass is 35.5. The summed E-state index contributed by atoms with van der Waals surface area (Å²) in [7, 11) is 0. The Kier molecular flexibility index (Phi) is 8.26. The van der Waals surface area contributed by atoms with Gasteiger partial charge in [0.2, 0.25) is 0 Å². The molecule has 10 nitrogen and oxygen atoms in total. The number of hydrogen-bond acceptors (Lipinski definition) is 6. The summed E-state index contributed by atoms with van der Waals surface area (Å²) in [5, 5.41) is 14.4. The van der Waals surface area contributed by atoms with Crippen molar-refractivity contribution in [3.8, 4) is 0 Å². The van der Waals surface area contributed by atoms with Crippen LogP contribution >= 0.6 is 23.2 Å². The van der Waals surface area contributed by atoms with E-state index in [-0.39, 0.29) is 46.5 Å². The van der Waals surface area contributed by atoms with Crippen molar-refractivity contribution in [2.24, 2.45) is 5.73 Å². The van der Waals surface area contributed by atoms with Crippen LogP contribution in [0.25, 0.3) is 0 Å². The molecular weight excluding hydrogens is 533 g/mol. The van der Waals surface area contributed by atoms with E-state index in [1.54, 1.807) is 0 Å². The molecule has 1 aliphatic heterocycles. The van der Waals surface area contributed by atoms with Gasteiger partial charge in [-0.15, -0.1) is 0 Å². The average molecular weight is 556 g/mol. The molecule has 12 heteroatoms. The molecule has 1 saturated heterocycles. The zero-order valence-electron chi connectivity index (χ0n) is 20.0. The monoisotopic (exact) mass is 555 g/mol. The number of nitro benzene ring substituents is 1. The van der Waals surface area contributed by atoms with Gasteiger partial charge in [-0.1, -0.05) is 53.5 Å². The number of rotatable bonds is 7. The van der Waals surface area contributed by atoms with Gasteiger partial charge in [0.1, 0.15) is 0 Å². The fraction of sp³-hybridized carbons (Fsp3) is 0.192. The van der Waals surface area contributed by atoms with E-state index in [1.807, 2.05) is 24.3 Å². The summed E-state index contributed by atoms with van der Waals surface area (Å²) in [6, 6.07) is 16.9. The van der Waals surface area contributed by atoms with Gasteiger partial charge in [0.25, 0.3) is 23.4 Å². The molecule has 0 aliphatic carbocycles. The summed E-state index contributed by atoms with van der Waals surface area (Å²) < 4.78 is 0. The molecule has 1 fully saturated rings. The number of benzene rings is 3. The van der Waals surface area contributed by atoms with Crippen molar-refractivity contribution in [2.45, 2.75) is 19.3 Å². The Labute approximate surface area is 228 Å². The SMILES string of the molecule is NCc1cccc(CNC(=O)C2N(C(=O)c3cccc([N+](=O)[O-])c3)CCN2C(=O)c2ccc(Cl)c(Cl)c2)c1. The highest BCUT2D eigenvalue weighted by Crippen LogP contribution is 2.26. The normalized spacial score (nSPS) is 14.9. The van der Waals surface area contributed by atoms with Gasteiger partial charge in [-0.3, -0.25) is 24.5 Å². The summed E-state index contributed by atoms with van der Waals surface area (Å²) in [5.41, 5.74) is 7.33. The van der Waals surface area contributed by atoms with Crippen molar-refractivity contribution in [3.05, 3.63) is 109 Å². The predicted molar refractivity (Wildman–Crippen MR) is 142 cm³/mol. The third-order valence-electron chi connectivity index (χ3n) is 6.09. The van der Waals surface area contributed by atoms with E-state index in [1.165, 1.54) is 46.2 Å². The lowest BCUT2D eigenvalue weighted by Gasteiger charge is -2.29. The van der Waals surface area contributed by atoms with Gasteiger partial charge in [-0.2, -0.15) is 0 Å². The maximum Gasteiger partial charge on any atom is 0.270 e. The van der Waals surface area contributed by atoms with Gasteiger partial charge in [0.15, 0.2) is 6.17 Å². The van der Waals surface area contributed by atoms with E-state index in [9.17, 15) is 24.5 Å². The number of halogens is 2. The van der Waals surface area contributed by atoms with Crippen molar-refractivity contribution in [1.82, 2.24) is 15.1 Å². The number of nitrogens with two attached hydrogens (primary N) is 1. The molecule has 0 radical (unpaired) electrons. The molecular formula is C26H23Cl2N5O5. The number of non-ortho nitro benzene ring substituents is 1. The van der Waals surface area contributed by atoms with E-state index in [4.69, 9.17) is 28.9 Å². The molecule has 1 aliphatic rings. The molecule has 4 rings (SSSR count). The lowest BCUT2D eigenvalue weighted by Crippen LogP contribution is -2.53. The molecule has 1 heterocycles. The Morgan fingerprint density at radius 1 is 0.895 bits per heavy atom. The zero-order valence-corrected chi connectivity index (χ0v) is 21.5. The second-order valence-corrected chi connectivity index (χ2v) is 9.36. The van der Waals surface area contributed by atoms with E-state index < -0.39 is 28.8 Å². The van der Waals surface area contributed by atoms with Crippen LogP contribution in [0.5, 0.6) is 0 Å². The molecule has 38 heavy (non-hydrogen) atoms. The van der Waals surface area contributed by atoms with Gasteiger partial charge in [-0.05, 0) is 35.4 Å². The molecule has 1 unspecified atom stereocenters. The highest BCUT2D eigenvalue weighted by Gasteiger charge is 2.43. The Balaban J connectivity index is 1.64. The second kappa shape index (κ2) is 11.6. The van der Waals surface area contributed by atoms with Crippen LogP contribution in [-0.4, -0.2) is 51.7 Å². The van der Waals surface area contributed by atoms with Crippen LogP contribution in [-0.2, 0) is 17.9 Å². The fourth-order valence-electron chi connectivity index (χ4n) is 4.20. The molecule has 0 bridgehead atoms. The molecule has 3 aromatic carbocycles. The molecule has 1 atom stereocenters. The van der Waals surface area contributed by atoms with Crippen LogP contribution < -0.4 is 11.1 Å². The van der Waals surface area contributed by atoms with Gasteiger partial charge < -0.3 is 20.9 Å². The molecule has 196 valence electrons. The van der Waals surface area contributed by atoms with Crippen molar-refractivity contribution in [3.63, 3.8) is 0 Å². The summed E-state index contributed by atoms with van der Waals surface area (Å²) >= 11 is 12.1. The topological polar surface area (TPSA) is 139 Å². The maximum absolute atomic E-state index is 13.5. The van der Waals surface area contributed by atoms with Crippen LogP contribution in [0, 0.1) is 10.1 Å². The van der Waals surface area contributed by atoms with Gasteiger partial charge in [0, 0.05) is 49.4 Å². The lowest BCUT2D eigenvalue weighted by atomic mass is 10.1. The number of nitro groups is 1. The smallest absolute Gasteiger partial charge is 0.270 e. The lowest BCUT2D eigenvalue weighted by molar-refractivity contribution is -0.384.